The number of nitrogens with zero attached hydrogens (tertiary/aromatic N) is 2. The van der Waals surface area contributed by atoms with Crippen LogP contribution in [0.3, 0.4) is 0 Å². The molecule has 0 spiro atoms. The second-order valence-corrected chi connectivity index (χ2v) is 15.0. The van der Waals surface area contributed by atoms with E-state index in [0.717, 1.165) is 48.2 Å². The Morgan fingerprint density at radius 3 is 1.45 bits per heavy atom. The van der Waals surface area contributed by atoms with Gasteiger partial charge in [0.15, 0.2) is 0 Å². The van der Waals surface area contributed by atoms with Crippen LogP contribution in [0.1, 0.15) is 102 Å². The first-order chi connectivity index (χ1) is 20.9. The summed E-state index contributed by atoms with van der Waals surface area (Å²) in [5, 5.41) is 22.0. The zero-order valence-electron chi connectivity index (χ0n) is 26.3. The Labute approximate surface area is 257 Å². The number of para-hydroxylation sites is 2. The Balaban J connectivity index is 1.07. The van der Waals surface area contributed by atoms with E-state index in [1.54, 1.807) is 0 Å². The summed E-state index contributed by atoms with van der Waals surface area (Å²) in [5.74, 6) is -0.667. The van der Waals surface area contributed by atoms with Gasteiger partial charge in [0.05, 0.1) is 22.8 Å². The van der Waals surface area contributed by atoms with Crippen molar-refractivity contribution in [2.24, 2.45) is 10.8 Å². The van der Waals surface area contributed by atoms with Gasteiger partial charge in [0.25, 0.3) is 0 Å². The number of benzene rings is 2. The largest absolute Gasteiger partial charge is 0.317 e. The molecule has 0 radical (unpaired) electrons. The first-order valence-corrected chi connectivity index (χ1v) is 15.9. The van der Waals surface area contributed by atoms with Crippen LogP contribution >= 0.6 is 0 Å². The van der Waals surface area contributed by atoms with E-state index in [4.69, 9.17) is 10.2 Å². The molecule has 0 saturated heterocycles. The number of aromatic amines is 2. The summed E-state index contributed by atoms with van der Waals surface area (Å²) in [4.78, 5) is 26.8. The van der Waals surface area contributed by atoms with Gasteiger partial charge in [-0.25, -0.2) is 0 Å². The summed E-state index contributed by atoms with van der Waals surface area (Å²) in [6.45, 7) is 14.1. The molecule has 2 fully saturated rings. The molecule has 4 aliphatic carbocycles. The molecule has 44 heavy (non-hydrogen) atoms. The lowest BCUT2D eigenvalue weighted by atomic mass is 9.70. The molecule has 0 unspecified atom stereocenters. The summed E-state index contributed by atoms with van der Waals surface area (Å²) in [6, 6.07) is 15.2. The van der Waals surface area contributed by atoms with Crippen molar-refractivity contribution in [1.82, 2.24) is 20.4 Å². The number of nitrogens with one attached hydrogen (secondary N) is 4. The maximum Gasteiger partial charge on any atom is 0.314 e. The molecule has 4 aromatic rings. The lowest BCUT2D eigenvalue weighted by Crippen LogP contribution is -2.32. The Kier molecular flexibility index (Phi) is 5.41. The van der Waals surface area contributed by atoms with Crippen molar-refractivity contribution in [3.05, 3.63) is 71.0 Å². The standard InChI is InChI=1S/C36H40N6O2/c1-33(2)21-15-17-35(33,5)29-25(21)27(39-41-29)19-11-7-9-13-23(19)37-31(43)32(44)38-24-14-10-8-12-20(24)28-26-22-16-18-36(6,34(22,3)4)30(26)42-40-28/h7-14,21-22H,15-18H2,1-6H3,(H,37,43)(H,38,44)(H,39,41)(H,40,42)/t21-,22-,35+,36+/m0/s1. The number of anilines is 2. The number of hydrogen-bond donors (Lipinski definition) is 4. The van der Waals surface area contributed by atoms with Crippen LogP contribution in [0, 0.1) is 10.8 Å². The van der Waals surface area contributed by atoms with Crippen LogP contribution in [0.25, 0.3) is 22.5 Å². The van der Waals surface area contributed by atoms with Crippen molar-refractivity contribution in [2.75, 3.05) is 10.6 Å². The normalized spacial score (nSPS) is 28.1. The lowest BCUT2D eigenvalue weighted by Gasteiger charge is -2.34. The maximum absolute atomic E-state index is 13.4. The van der Waals surface area contributed by atoms with Gasteiger partial charge in [0, 0.05) is 44.5 Å². The minimum absolute atomic E-state index is 0.0468. The second kappa shape index (κ2) is 8.71. The first kappa shape index (κ1) is 27.4. The van der Waals surface area contributed by atoms with Crippen molar-refractivity contribution >= 4 is 23.2 Å². The predicted octanol–water partition coefficient (Wildman–Crippen LogP) is 7.39. The van der Waals surface area contributed by atoms with Crippen LogP contribution in [0.5, 0.6) is 0 Å². The average molecular weight is 589 g/mol. The molecule has 2 aromatic heterocycles. The van der Waals surface area contributed by atoms with E-state index >= 15 is 0 Å². The minimum atomic E-state index is -0.729. The van der Waals surface area contributed by atoms with Crippen LogP contribution in [-0.4, -0.2) is 32.2 Å². The second-order valence-electron chi connectivity index (χ2n) is 15.0. The maximum atomic E-state index is 13.4. The molecular weight excluding hydrogens is 548 g/mol. The van der Waals surface area contributed by atoms with Crippen molar-refractivity contribution in [3.8, 4) is 22.5 Å². The number of amides is 2. The highest BCUT2D eigenvalue weighted by molar-refractivity contribution is 6.44. The quantitative estimate of drug-likeness (QED) is 0.186. The SMILES string of the molecule is CC1(C)[C@H]2CC[C@]1(C)c1[nH]nc(-c3ccccc3NC(=O)C(=O)Nc3ccccc3-c3n[nH]c4c3[C@@H]3CC[C@@]4(C)C3(C)C)c12. The zero-order valence-corrected chi connectivity index (χ0v) is 26.3. The number of H-pyrrole nitrogens is 2. The van der Waals surface area contributed by atoms with Crippen LogP contribution in [0.2, 0.25) is 0 Å². The highest BCUT2D eigenvalue weighted by atomic mass is 16.2. The Morgan fingerprint density at radius 1 is 0.659 bits per heavy atom. The highest BCUT2D eigenvalue weighted by Crippen LogP contribution is 2.69. The van der Waals surface area contributed by atoms with Gasteiger partial charge in [-0.15, -0.1) is 0 Å². The molecule has 4 N–H and O–H groups in total. The van der Waals surface area contributed by atoms with Gasteiger partial charge in [-0.2, -0.15) is 10.2 Å². The van der Waals surface area contributed by atoms with Gasteiger partial charge < -0.3 is 10.6 Å². The summed E-state index contributed by atoms with van der Waals surface area (Å²) >= 11 is 0. The first-order valence-electron chi connectivity index (χ1n) is 15.9. The third-order valence-electron chi connectivity index (χ3n) is 12.9. The van der Waals surface area contributed by atoms with Crippen molar-refractivity contribution in [1.29, 1.82) is 0 Å². The van der Waals surface area contributed by atoms with E-state index in [1.807, 2.05) is 48.5 Å². The van der Waals surface area contributed by atoms with E-state index in [1.165, 1.54) is 22.5 Å². The molecule has 8 nitrogen and oxygen atoms in total. The van der Waals surface area contributed by atoms with Crippen LogP contribution in [0.15, 0.2) is 48.5 Å². The minimum Gasteiger partial charge on any atom is -0.317 e. The van der Waals surface area contributed by atoms with Crippen LogP contribution in [-0.2, 0) is 20.4 Å². The molecule has 4 atom stereocenters. The molecule has 4 aliphatic rings. The predicted molar refractivity (Wildman–Crippen MR) is 172 cm³/mol. The van der Waals surface area contributed by atoms with Crippen molar-refractivity contribution < 1.29 is 9.59 Å². The van der Waals surface area contributed by atoms with E-state index in [-0.39, 0.29) is 21.7 Å². The molecule has 2 heterocycles. The molecule has 2 aromatic carbocycles. The van der Waals surface area contributed by atoms with E-state index < -0.39 is 11.8 Å². The van der Waals surface area contributed by atoms with Gasteiger partial charge in [0.2, 0.25) is 0 Å². The number of fused-ring (bicyclic) bond motifs is 10. The highest BCUT2D eigenvalue weighted by Gasteiger charge is 2.62. The fourth-order valence-electron chi connectivity index (χ4n) is 9.49. The Bertz CT molecular complexity index is 1740. The molecule has 226 valence electrons. The van der Waals surface area contributed by atoms with E-state index in [0.29, 0.717) is 23.2 Å². The Morgan fingerprint density at radius 2 is 1.05 bits per heavy atom. The number of aromatic nitrogens is 4. The third-order valence-corrected chi connectivity index (χ3v) is 12.9. The van der Waals surface area contributed by atoms with Crippen molar-refractivity contribution in [2.45, 2.75) is 89.9 Å². The number of carbonyl (C=O) groups excluding carboxylic acids is 2. The number of rotatable bonds is 4. The topological polar surface area (TPSA) is 116 Å². The van der Waals surface area contributed by atoms with Crippen LogP contribution in [0.4, 0.5) is 11.4 Å². The molecule has 8 rings (SSSR count). The average Bonchev–Trinajstić information content (AvgIpc) is 3.78. The van der Waals surface area contributed by atoms with Crippen molar-refractivity contribution in [3.63, 3.8) is 0 Å². The van der Waals surface area contributed by atoms with Gasteiger partial charge >= 0.3 is 11.8 Å². The third kappa shape index (κ3) is 3.23. The van der Waals surface area contributed by atoms with Gasteiger partial charge in [0.1, 0.15) is 0 Å². The summed E-state index contributed by atoms with van der Waals surface area (Å²) < 4.78 is 0. The fourth-order valence-corrected chi connectivity index (χ4v) is 9.49. The van der Waals surface area contributed by atoms with E-state index in [2.05, 4.69) is 62.4 Å². The van der Waals surface area contributed by atoms with Gasteiger partial charge in [-0.3, -0.25) is 19.8 Å². The lowest BCUT2D eigenvalue weighted by molar-refractivity contribution is -0.132. The monoisotopic (exact) mass is 588 g/mol. The Hall–Kier alpha value is -4.20. The summed E-state index contributed by atoms with van der Waals surface area (Å²) in [6.07, 6.45) is 4.52. The summed E-state index contributed by atoms with van der Waals surface area (Å²) in [5.41, 5.74) is 9.75. The van der Waals surface area contributed by atoms with Gasteiger partial charge in [-0.1, -0.05) is 77.9 Å². The molecule has 2 amide bonds. The molecule has 4 bridgehead atoms. The molecule has 8 heteroatoms. The molecular formula is C36H40N6O2. The van der Waals surface area contributed by atoms with E-state index in [9.17, 15) is 9.59 Å². The fraction of sp³-hybridized carbons (Fsp3) is 0.444. The molecule has 2 saturated carbocycles. The zero-order chi connectivity index (χ0) is 30.8. The smallest absolute Gasteiger partial charge is 0.314 e. The number of hydrogen-bond acceptors (Lipinski definition) is 4. The number of carbonyl (C=O) groups is 2. The molecule has 0 aliphatic heterocycles. The van der Waals surface area contributed by atoms with Crippen LogP contribution < -0.4 is 10.6 Å². The summed E-state index contributed by atoms with van der Waals surface area (Å²) in [7, 11) is 0. The van der Waals surface area contributed by atoms with Gasteiger partial charge in [-0.05, 0) is 60.5 Å².